The van der Waals surface area contributed by atoms with Gasteiger partial charge in [-0.2, -0.15) is 11.8 Å². The highest BCUT2D eigenvalue weighted by atomic mass is 32.2. The number of hydrogen-bond acceptors (Lipinski definition) is 7. The summed E-state index contributed by atoms with van der Waals surface area (Å²) in [4.78, 5) is 11.4. The Hall–Kier alpha value is -2.67. The highest BCUT2D eigenvalue weighted by Crippen LogP contribution is 2.39. The molecular weight excluding hydrogens is 374 g/mol. The molecule has 146 valence electrons. The second-order valence-corrected chi connectivity index (χ2v) is 7.81. The SMILES string of the molecule is COc1ccc(C2CN(c3ncnc4cc(OC)c(OC)cc34)CCS2)cc1. The number of benzene rings is 2. The molecule has 4 rings (SSSR count). The van der Waals surface area contributed by atoms with Crippen LogP contribution in [0.2, 0.25) is 0 Å². The molecular formula is C21H23N3O3S. The van der Waals surface area contributed by atoms with Crippen molar-refractivity contribution in [1.82, 2.24) is 9.97 Å². The minimum atomic E-state index is 0.379. The van der Waals surface area contributed by atoms with Gasteiger partial charge < -0.3 is 19.1 Å². The van der Waals surface area contributed by atoms with Crippen molar-refractivity contribution in [3.8, 4) is 17.2 Å². The first-order valence-corrected chi connectivity index (χ1v) is 10.2. The van der Waals surface area contributed by atoms with Crippen molar-refractivity contribution < 1.29 is 14.2 Å². The van der Waals surface area contributed by atoms with E-state index in [-0.39, 0.29) is 0 Å². The first-order valence-electron chi connectivity index (χ1n) is 9.10. The van der Waals surface area contributed by atoms with Crippen LogP contribution in [-0.4, -0.2) is 50.1 Å². The first kappa shape index (κ1) is 18.7. The Bertz CT molecular complexity index is 965. The van der Waals surface area contributed by atoms with Crippen LogP contribution in [0.4, 0.5) is 5.82 Å². The zero-order valence-corrected chi connectivity index (χ0v) is 17.0. The third-order valence-electron chi connectivity index (χ3n) is 4.97. The normalized spacial score (nSPS) is 16.8. The van der Waals surface area contributed by atoms with E-state index in [9.17, 15) is 0 Å². The van der Waals surface area contributed by atoms with Crippen molar-refractivity contribution in [2.75, 3.05) is 45.1 Å². The number of anilines is 1. The van der Waals surface area contributed by atoms with Gasteiger partial charge in [0.2, 0.25) is 0 Å². The van der Waals surface area contributed by atoms with Crippen LogP contribution >= 0.6 is 11.8 Å². The van der Waals surface area contributed by atoms with Gasteiger partial charge in [-0.3, -0.25) is 0 Å². The van der Waals surface area contributed by atoms with Crippen LogP contribution < -0.4 is 19.1 Å². The number of hydrogen-bond donors (Lipinski definition) is 0. The highest BCUT2D eigenvalue weighted by molar-refractivity contribution is 7.99. The fourth-order valence-corrected chi connectivity index (χ4v) is 4.73. The predicted molar refractivity (Wildman–Crippen MR) is 113 cm³/mol. The number of rotatable bonds is 5. The minimum Gasteiger partial charge on any atom is -0.497 e. The van der Waals surface area contributed by atoms with Gasteiger partial charge in [0.05, 0.1) is 26.8 Å². The molecule has 1 unspecified atom stereocenters. The van der Waals surface area contributed by atoms with Gasteiger partial charge in [-0.05, 0) is 23.8 Å². The molecule has 0 amide bonds. The van der Waals surface area contributed by atoms with E-state index >= 15 is 0 Å². The molecule has 7 heteroatoms. The van der Waals surface area contributed by atoms with Crippen molar-refractivity contribution in [3.63, 3.8) is 0 Å². The maximum absolute atomic E-state index is 5.48. The molecule has 0 aliphatic carbocycles. The number of fused-ring (bicyclic) bond motifs is 1. The lowest BCUT2D eigenvalue weighted by Crippen LogP contribution is -2.35. The van der Waals surface area contributed by atoms with Crippen LogP contribution in [-0.2, 0) is 0 Å². The first-order chi connectivity index (χ1) is 13.7. The standard InChI is InChI=1S/C21H23N3O3S/c1-25-15-6-4-14(5-7-15)20-12-24(8-9-28-20)21-16-10-18(26-2)19(27-3)11-17(16)22-13-23-21/h4-7,10-11,13,20H,8-9,12H2,1-3H3. The van der Waals surface area contributed by atoms with Crippen molar-refractivity contribution >= 4 is 28.5 Å². The number of nitrogens with zero attached hydrogens (tertiary/aromatic N) is 3. The second kappa shape index (κ2) is 8.14. The van der Waals surface area contributed by atoms with Crippen molar-refractivity contribution in [3.05, 3.63) is 48.3 Å². The molecule has 0 bridgehead atoms. The third-order valence-corrected chi connectivity index (χ3v) is 6.22. The maximum Gasteiger partial charge on any atom is 0.162 e. The predicted octanol–water partition coefficient (Wildman–Crippen LogP) is 3.95. The molecule has 0 radical (unpaired) electrons. The lowest BCUT2D eigenvalue weighted by molar-refractivity contribution is 0.356. The summed E-state index contributed by atoms with van der Waals surface area (Å²) in [5.74, 6) is 4.21. The average molecular weight is 398 g/mol. The van der Waals surface area contributed by atoms with E-state index in [0.29, 0.717) is 16.7 Å². The highest BCUT2D eigenvalue weighted by Gasteiger charge is 2.25. The largest absolute Gasteiger partial charge is 0.497 e. The van der Waals surface area contributed by atoms with Gasteiger partial charge in [0.15, 0.2) is 11.5 Å². The Kier molecular flexibility index (Phi) is 5.43. The van der Waals surface area contributed by atoms with Gasteiger partial charge in [0.1, 0.15) is 17.9 Å². The summed E-state index contributed by atoms with van der Waals surface area (Å²) in [7, 11) is 4.97. The molecule has 1 aliphatic heterocycles. The Morgan fingerprint density at radius 2 is 1.71 bits per heavy atom. The molecule has 1 atom stereocenters. The lowest BCUT2D eigenvalue weighted by atomic mass is 10.1. The van der Waals surface area contributed by atoms with Crippen molar-refractivity contribution in [1.29, 1.82) is 0 Å². The summed E-state index contributed by atoms with van der Waals surface area (Å²) in [6, 6.07) is 12.2. The molecule has 1 saturated heterocycles. The number of aromatic nitrogens is 2. The van der Waals surface area contributed by atoms with Crippen LogP contribution in [0.15, 0.2) is 42.7 Å². The van der Waals surface area contributed by atoms with Crippen molar-refractivity contribution in [2.24, 2.45) is 0 Å². The number of ether oxygens (including phenoxy) is 3. The number of thioether (sulfide) groups is 1. The monoisotopic (exact) mass is 397 g/mol. The zero-order chi connectivity index (χ0) is 19.5. The zero-order valence-electron chi connectivity index (χ0n) is 16.2. The third kappa shape index (κ3) is 3.54. The summed E-state index contributed by atoms with van der Waals surface area (Å²) < 4.78 is 16.2. The molecule has 2 aromatic carbocycles. The summed E-state index contributed by atoms with van der Waals surface area (Å²) in [6.45, 7) is 1.83. The summed E-state index contributed by atoms with van der Waals surface area (Å²) >= 11 is 1.98. The fourth-order valence-electron chi connectivity index (χ4n) is 3.48. The Balaban J connectivity index is 1.66. The van der Waals surface area contributed by atoms with Crippen molar-refractivity contribution in [2.45, 2.75) is 5.25 Å². The van der Waals surface area contributed by atoms with E-state index in [1.807, 2.05) is 36.0 Å². The molecule has 6 nitrogen and oxygen atoms in total. The van der Waals surface area contributed by atoms with Gasteiger partial charge in [-0.15, -0.1) is 0 Å². The van der Waals surface area contributed by atoms with Crippen LogP contribution in [0.25, 0.3) is 10.9 Å². The number of methoxy groups -OCH3 is 3. The van der Waals surface area contributed by atoms with E-state index in [2.05, 4.69) is 27.0 Å². The molecule has 2 heterocycles. The summed E-state index contributed by atoms with van der Waals surface area (Å²) in [5.41, 5.74) is 2.15. The van der Waals surface area contributed by atoms with E-state index in [1.54, 1.807) is 27.7 Å². The molecule has 28 heavy (non-hydrogen) atoms. The van der Waals surface area contributed by atoms with Gasteiger partial charge in [-0.1, -0.05) is 12.1 Å². The van der Waals surface area contributed by atoms with Gasteiger partial charge >= 0.3 is 0 Å². The maximum atomic E-state index is 5.48. The Morgan fingerprint density at radius 3 is 2.43 bits per heavy atom. The fraction of sp³-hybridized carbons (Fsp3) is 0.333. The topological polar surface area (TPSA) is 56.7 Å². The second-order valence-electron chi connectivity index (χ2n) is 6.50. The van der Waals surface area contributed by atoms with Gasteiger partial charge in [0, 0.05) is 35.5 Å². The molecule has 0 N–H and O–H groups in total. The summed E-state index contributed by atoms with van der Waals surface area (Å²) in [5, 5.41) is 1.35. The van der Waals surface area contributed by atoms with E-state index in [0.717, 1.165) is 41.3 Å². The van der Waals surface area contributed by atoms with Gasteiger partial charge in [0.25, 0.3) is 0 Å². The molecule has 1 fully saturated rings. The summed E-state index contributed by atoms with van der Waals surface area (Å²) in [6.07, 6.45) is 1.62. The quantitative estimate of drug-likeness (QED) is 0.646. The molecule has 1 aliphatic rings. The van der Waals surface area contributed by atoms with E-state index in [4.69, 9.17) is 14.2 Å². The smallest absolute Gasteiger partial charge is 0.162 e. The van der Waals surface area contributed by atoms with Gasteiger partial charge in [-0.25, -0.2) is 9.97 Å². The average Bonchev–Trinajstić information content (AvgIpc) is 2.77. The van der Waals surface area contributed by atoms with Crippen LogP contribution in [0.3, 0.4) is 0 Å². The van der Waals surface area contributed by atoms with E-state index in [1.165, 1.54) is 5.56 Å². The molecule has 0 saturated carbocycles. The van der Waals surface area contributed by atoms with Crippen LogP contribution in [0, 0.1) is 0 Å². The molecule has 1 aromatic heterocycles. The molecule has 3 aromatic rings. The molecule has 0 spiro atoms. The van der Waals surface area contributed by atoms with E-state index < -0.39 is 0 Å². The Morgan fingerprint density at radius 1 is 0.964 bits per heavy atom. The van der Waals surface area contributed by atoms with Crippen LogP contribution in [0.5, 0.6) is 17.2 Å². The lowest BCUT2D eigenvalue weighted by Gasteiger charge is -2.34. The van der Waals surface area contributed by atoms with Crippen LogP contribution in [0.1, 0.15) is 10.8 Å². The Labute approximate surface area is 168 Å². The minimum absolute atomic E-state index is 0.379.